The Balaban J connectivity index is 2.46. The summed E-state index contributed by atoms with van der Waals surface area (Å²) in [6.45, 7) is 0. The van der Waals surface area contributed by atoms with Crippen LogP contribution in [-0.2, 0) is 10.0 Å². The highest BCUT2D eigenvalue weighted by Crippen LogP contribution is 2.27. The zero-order valence-electron chi connectivity index (χ0n) is 12.0. The van der Waals surface area contributed by atoms with Gasteiger partial charge in [0.25, 0.3) is 0 Å². The van der Waals surface area contributed by atoms with E-state index in [-0.39, 0.29) is 16.2 Å². The molecule has 0 heterocycles. The van der Waals surface area contributed by atoms with Crippen molar-refractivity contribution in [3.05, 3.63) is 48.0 Å². The first-order chi connectivity index (χ1) is 10.2. The van der Waals surface area contributed by atoms with E-state index in [1.54, 1.807) is 12.1 Å². The summed E-state index contributed by atoms with van der Waals surface area (Å²) in [6, 6.07) is 9.99. The van der Waals surface area contributed by atoms with Gasteiger partial charge in [-0.05, 0) is 41.5 Å². The molecule has 0 fully saturated rings. The topological polar surface area (TPSA) is 94.9 Å². The standard InChI is InChI=1S/C15H15NO5S/c1-16(2)22(20,21)14-5-3-10(4-6-14)11-7-12(15(18)19)9-13(17)8-11/h3-9,17H,1-2H3,(H,18,19). The summed E-state index contributed by atoms with van der Waals surface area (Å²) >= 11 is 0. The Morgan fingerprint density at radius 3 is 2.09 bits per heavy atom. The van der Waals surface area contributed by atoms with E-state index in [0.29, 0.717) is 11.1 Å². The van der Waals surface area contributed by atoms with E-state index >= 15 is 0 Å². The van der Waals surface area contributed by atoms with Crippen LogP contribution >= 0.6 is 0 Å². The average molecular weight is 321 g/mol. The Morgan fingerprint density at radius 1 is 1.00 bits per heavy atom. The van der Waals surface area contributed by atoms with Gasteiger partial charge in [0, 0.05) is 14.1 Å². The van der Waals surface area contributed by atoms with Gasteiger partial charge in [-0.25, -0.2) is 17.5 Å². The molecule has 7 heteroatoms. The van der Waals surface area contributed by atoms with Gasteiger partial charge in [-0.2, -0.15) is 0 Å². The van der Waals surface area contributed by atoms with Gasteiger partial charge in [-0.3, -0.25) is 0 Å². The van der Waals surface area contributed by atoms with Crippen molar-refractivity contribution in [1.82, 2.24) is 4.31 Å². The maximum absolute atomic E-state index is 12.0. The molecule has 0 amide bonds. The van der Waals surface area contributed by atoms with E-state index in [0.717, 1.165) is 10.4 Å². The van der Waals surface area contributed by atoms with Crippen LogP contribution in [0.3, 0.4) is 0 Å². The van der Waals surface area contributed by atoms with Gasteiger partial charge in [0.05, 0.1) is 10.5 Å². The molecule has 2 rings (SSSR count). The number of benzene rings is 2. The quantitative estimate of drug-likeness (QED) is 0.898. The van der Waals surface area contributed by atoms with Crippen LogP contribution in [-0.4, -0.2) is 43.0 Å². The van der Waals surface area contributed by atoms with Crippen LogP contribution < -0.4 is 0 Å². The molecular weight excluding hydrogens is 306 g/mol. The summed E-state index contributed by atoms with van der Waals surface area (Å²) in [4.78, 5) is 11.1. The van der Waals surface area contributed by atoms with Crippen LogP contribution in [0.15, 0.2) is 47.4 Å². The molecule has 0 unspecified atom stereocenters. The van der Waals surface area contributed by atoms with Crippen molar-refractivity contribution in [2.24, 2.45) is 0 Å². The largest absolute Gasteiger partial charge is 0.508 e. The lowest BCUT2D eigenvalue weighted by atomic mass is 10.0. The first kappa shape index (κ1) is 16.0. The van der Waals surface area contributed by atoms with Gasteiger partial charge in [-0.1, -0.05) is 12.1 Å². The molecule has 0 saturated heterocycles. The van der Waals surface area contributed by atoms with Crippen molar-refractivity contribution in [2.45, 2.75) is 4.90 Å². The predicted octanol–water partition coefficient (Wildman–Crippen LogP) is 2.01. The third kappa shape index (κ3) is 3.10. The van der Waals surface area contributed by atoms with Crippen LogP contribution in [0.2, 0.25) is 0 Å². The molecule has 2 aromatic carbocycles. The second-order valence-electron chi connectivity index (χ2n) is 4.89. The van der Waals surface area contributed by atoms with Crippen molar-refractivity contribution in [3.63, 3.8) is 0 Å². The molecule has 0 saturated carbocycles. The monoisotopic (exact) mass is 321 g/mol. The van der Waals surface area contributed by atoms with E-state index < -0.39 is 16.0 Å². The maximum atomic E-state index is 12.0. The Hall–Kier alpha value is -2.38. The van der Waals surface area contributed by atoms with E-state index in [9.17, 15) is 18.3 Å². The summed E-state index contributed by atoms with van der Waals surface area (Å²) in [6.07, 6.45) is 0. The predicted molar refractivity (Wildman–Crippen MR) is 81.4 cm³/mol. The Kier molecular flexibility index (Phi) is 4.20. The number of rotatable bonds is 4. The van der Waals surface area contributed by atoms with Gasteiger partial charge < -0.3 is 10.2 Å². The summed E-state index contributed by atoms with van der Waals surface area (Å²) in [5.74, 6) is -1.32. The lowest BCUT2D eigenvalue weighted by Crippen LogP contribution is -2.22. The number of carbonyl (C=O) groups is 1. The molecule has 0 radical (unpaired) electrons. The number of nitrogens with zero attached hydrogens (tertiary/aromatic N) is 1. The van der Waals surface area contributed by atoms with Gasteiger partial charge in [0.1, 0.15) is 5.75 Å². The van der Waals surface area contributed by atoms with Crippen molar-refractivity contribution in [3.8, 4) is 16.9 Å². The minimum atomic E-state index is -3.52. The van der Waals surface area contributed by atoms with Crippen molar-refractivity contribution < 1.29 is 23.4 Å². The fourth-order valence-electron chi connectivity index (χ4n) is 1.93. The number of carboxylic acids is 1. The third-order valence-electron chi connectivity index (χ3n) is 3.13. The van der Waals surface area contributed by atoms with Gasteiger partial charge in [0.15, 0.2) is 0 Å². The molecule has 0 atom stereocenters. The Bertz CT molecular complexity index is 810. The molecular formula is C15H15NO5S. The number of aromatic hydroxyl groups is 1. The second-order valence-corrected chi connectivity index (χ2v) is 7.04. The average Bonchev–Trinajstić information content (AvgIpc) is 2.46. The molecule has 0 bridgehead atoms. The highest BCUT2D eigenvalue weighted by atomic mass is 32.2. The lowest BCUT2D eigenvalue weighted by Gasteiger charge is -2.12. The highest BCUT2D eigenvalue weighted by molar-refractivity contribution is 7.89. The fraction of sp³-hybridized carbons (Fsp3) is 0.133. The van der Waals surface area contributed by atoms with E-state index in [2.05, 4.69) is 0 Å². The van der Waals surface area contributed by atoms with E-state index in [1.807, 2.05) is 0 Å². The number of hydrogen-bond acceptors (Lipinski definition) is 4. The van der Waals surface area contributed by atoms with Crippen LogP contribution in [0.4, 0.5) is 0 Å². The van der Waals surface area contributed by atoms with Gasteiger partial charge >= 0.3 is 5.97 Å². The van der Waals surface area contributed by atoms with Crippen LogP contribution in [0.5, 0.6) is 5.75 Å². The fourth-order valence-corrected chi connectivity index (χ4v) is 2.83. The van der Waals surface area contributed by atoms with Crippen LogP contribution in [0.1, 0.15) is 10.4 Å². The van der Waals surface area contributed by atoms with Gasteiger partial charge in [0.2, 0.25) is 10.0 Å². The van der Waals surface area contributed by atoms with E-state index in [1.165, 1.54) is 38.4 Å². The number of phenolic OH excluding ortho intramolecular Hbond substituents is 1. The third-order valence-corrected chi connectivity index (χ3v) is 4.96. The lowest BCUT2D eigenvalue weighted by molar-refractivity contribution is 0.0696. The minimum absolute atomic E-state index is 0.0417. The molecule has 116 valence electrons. The first-order valence-corrected chi connectivity index (χ1v) is 7.76. The van der Waals surface area contributed by atoms with Crippen LogP contribution in [0, 0.1) is 0 Å². The summed E-state index contributed by atoms with van der Waals surface area (Å²) < 4.78 is 25.1. The van der Waals surface area contributed by atoms with Crippen molar-refractivity contribution in [1.29, 1.82) is 0 Å². The molecule has 0 spiro atoms. The Labute approximate surface area is 128 Å². The maximum Gasteiger partial charge on any atom is 0.335 e. The zero-order chi connectivity index (χ0) is 16.5. The smallest absolute Gasteiger partial charge is 0.335 e. The molecule has 0 aliphatic rings. The first-order valence-electron chi connectivity index (χ1n) is 6.32. The SMILES string of the molecule is CN(C)S(=O)(=O)c1ccc(-c2cc(O)cc(C(=O)O)c2)cc1. The summed E-state index contributed by atoms with van der Waals surface area (Å²) in [5, 5.41) is 18.6. The zero-order valence-corrected chi connectivity index (χ0v) is 12.8. The van der Waals surface area contributed by atoms with E-state index in [4.69, 9.17) is 5.11 Å². The number of hydrogen-bond donors (Lipinski definition) is 2. The van der Waals surface area contributed by atoms with Gasteiger partial charge in [-0.15, -0.1) is 0 Å². The highest BCUT2D eigenvalue weighted by Gasteiger charge is 2.17. The second kappa shape index (κ2) is 5.78. The minimum Gasteiger partial charge on any atom is -0.508 e. The molecule has 2 N–H and O–H groups in total. The van der Waals surface area contributed by atoms with Crippen LogP contribution in [0.25, 0.3) is 11.1 Å². The Morgan fingerprint density at radius 2 is 1.59 bits per heavy atom. The number of aromatic carboxylic acids is 1. The number of phenols is 1. The molecule has 22 heavy (non-hydrogen) atoms. The molecule has 2 aromatic rings. The number of sulfonamides is 1. The summed E-state index contributed by atoms with van der Waals surface area (Å²) in [5.41, 5.74) is 1.06. The van der Waals surface area contributed by atoms with Crippen molar-refractivity contribution >= 4 is 16.0 Å². The molecule has 0 aromatic heterocycles. The normalized spacial score (nSPS) is 11.6. The number of carboxylic acid groups (broad SMARTS) is 1. The molecule has 6 nitrogen and oxygen atoms in total. The summed E-state index contributed by atoms with van der Waals surface area (Å²) in [7, 11) is -0.632. The molecule has 0 aliphatic heterocycles. The van der Waals surface area contributed by atoms with Crippen molar-refractivity contribution in [2.75, 3.05) is 14.1 Å². The molecule has 0 aliphatic carbocycles.